The first-order valence-corrected chi connectivity index (χ1v) is 7.55. The third-order valence-electron chi connectivity index (χ3n) is 3.14. The highest BCUT2D eigenvalue weighted by Gasteiger charge is 2.16. The molecule has 90 valence electrons. The molecule has 2 nitrogen and oxygen atoms in total. The van der Waals surface area contributed by atoms with Gasteiger partial charge in [-0.15, -0.1) is 0 Å². The monoisotopic (exact) mass is 230 g/mol. The van der Waals surface area contributed by atoms with E-state index < -0.39 is 0 Å². The molecular weight excluding hydrogens is 204 g/mol. The molecule has 1 N–H and O–H groups in total. The molecule has 0 aromatic heterocycles. The molecule has 0 spiro atoms. The second-order valence-corrected chi connectivity index (χ2v) is 5.61. The fourth-order valence-corrected chi connectivity index (χ4v) is 2.72. The summed E-state index contributed by atoms with van der Waals surface area (Å²) in [5.41, 5.74) is 0. The summed E-state index contributed by atoms with van der Waals surface area (Å²) in [4.78, 5) is 2.55. The molecule has 0 aromatic rings. The minimum absolute atomic E-state index is 0.791. The van der Waals surface area contributed by atoms with Gasteiger partial charge in [0.2, 0.25) is 0 Å². The Morgan fingerprint density at radius 3 is 2.60 bits per heavy atom. The molecule has 1 aliphatic rings. The van der Waals surface area contributed by atoms with Crippen LogP contribution in [0.3, 0.4) is 0 Å². The molecule has 0 radical (unpaired) electrons. The van der Waals surface area contributed by atoms with Gasteiger partial charge in [0.15, 0.2) is 0 Å². The average molecular weight is 230 g/mol. The highest BCUT2D eigenvalue weighted by atomic mass is 32.2. The molecule has 1 rings (SSSR count). The summed E-state index contributed by atoms with van der Waals surface area (Å²) in [6.45, 7) is 9.51. The lowest BCUT2D eigenvalue weighted by Crippen LogP contribution is -2.42. The zero-order valence-electron chi connectivity index (χ0n) is 10.3. The fraction of sp³-hybridized carbons (Fsp3) is 1.00. The normalized spacial score (nSPS) is 19.6. The van der Waals surface area contributed by atoms with Gasteiger partial charge in [-0.05, 0) is 56.9 Å². The molecule has 15 heavy (non-hydrogen) atoms. The molecule has 0 amide bonds. The van der Waals surface area contributed by atoms with E-state index in [0.717, 1.165) is 6.04 Å². The number of nitrogens with one attached hydrogen (secondary N) is 1. The summed E-state index contributed by atoms with van der Waals surface area (Å²) in [6, 6.07) is 0.791. The summed E-state index contributed by atoms with van der Waals surface area (Å²) in [5.74, 6) is 2.58. The molecule has 0 bridgehead atoms. The third-order valence-corrected chi connectivity index (χ3v) is 4.12. The van der Waals surface area contributed by atoms with Gasteiger partial charge < -0.3 is 10.2 Å². The van der Waals surface area contributed by atoms with Crippen LogP contribution in [0.25, 0.3) is 0 Å². The van der Waals surface area contributed by atoms with E-state index in [1.807, 2.05) is 0 Å². The van der Waals surface area contributed by atoms with Crippen LogP contribution >= 0.6 is 11.8 Å². The number of thioether (sulfide) groups is 1. The number of hydrogen-bond donors (Lipinski definition) is 1. The highest BCUT2D eigenvalue weighted by Crippen LogP contribution is 2.09. The van der Waals surface area contributed by atoms with Crippen molar-refractivity contribution in [2.75, 3.05) is 37.7 Å². The highest BCUT2D eigenvalue weighted by molar-refractivity contribution is 7.99. The van der Waals surface area contributed by atoms with Crippen molar-refractivity contribution >= 4 is 11.8 Å². The van der Waals surface area contributed by atoms with E-state index in [1.54, 1.807) is 0 Å². The summed E-state index contributed by atoms with van der Waals surface area (Å²) < 4.78 is 0. The Morgan fingerprint density at radius 2 is 2.00 bits per heavy atom. The zero-order chi connectivity index (χ0) is 10.9. The number of hydrogen-bond acceptors (Lipinski definition) is 3. The maximum absolute atomic E-state index is 3.69. The van der Waals surface area contributed by atoms with Crippen LogP contribution in [0.5, 0.6) is 0 Å². The third kappa shape index (κ3) is 5.79. The molecular formula is C12H26N2S. The van der Waals surface area contributed by atoms with Crippen molar-refractivity contribution in [1.82, 2.24) is 10.2 Å². The van der Waals surface area contributed by atoms with Gasteiger partial charge in [-0.1, -0.05) is 13.8 Å². The van der Waals surface area contributed by atoms with Crippen LogP contribution in [0.4, 0.5) is 0 Å². The predicted molar refractivity (Wildman–Crippen MR) is 70.8 cm³/mol. The Labute approximate surface area is 99.2 Å². The smallest absolute Gasteiger partial charge is 0.00914 e. The molecule has 0 saturated carbocycles. The van der Waals surface area contributed by atoms with Crippen molar-refractivity contribution in [3.8, 4) is 0 Å². The lowest BCUT2D eigenvalue weighted by molar-refractivity contribution is 0.207. The van der Waals surface area contributed by atoms with E-state index in [9.17, 15) is 0 Å². The van der Waals surface area contributed by atoms with Crippen molar-refractivity contribution in [2.45, 2.75) is 39.2 Å². The fourth-order valence-electron chi connectivity index (χ4n) is 2.08. The largest absolute Gasteiger partial charge is 0.314 e. The standard InChI is InChI=1S/C12H26N2S/c1-3-14-9-6-12(7-10-14)13-8-5-11-15-4-2/h12-13H,3-11H2,1-2H3. The Hall–Kier alpha value is 0.270. The minimum atomic E-state index is 0.791. The SMILES string of the molecule is CCSCCCNC1CCN(CC)CC1. The second-order valence-electron chi connectivity index (χ2n) is 4.21. The first-order chi connectivity index (χ1) is 7.36. The summed E-state index contributed by atoms with van der Waals surface area (Å²) in [6.07, 6.45) is 4.01. The number of rotatable bonds is 7. The van der Waals surface area contributed by atoms with Crippen LogP contribution in [0.2, 0.25) is 0 Å². The van der Waals surface area contributed by atoms with Gasteiger partial charge in [0, 0.05) is 6.04 Å². The second kappa shape index (κ2) is 8.43. The van der Waals surface area contributed by atoms with E-state index in [4.69, 9.17) is 0 Å². The number of likely N-dealkylation sites (tertiary alicyclic amines) is 1. The molecule has 1 heterocycles. The van der Waals surface area contributed by atoms with Crippen LogP contribution in [0, 0.1) is 0 Å². The Morgan fingerprint density at radius 1 is 1.27 bits per heavy atom. The van der Waals surface area contributed by atoms with Crippen molar-refractivity contribution in [3.05, 3.63) is 0 Å². The van der Waals surface area contributed by atoms with E-state index in [1.165, 1.54) is 56.9 Å². The average Bonchev–Trinajstić information content (AvgIpc) is 2.30. The molecule has 0 atom stereocenters. The summed E-state index contributed by atoms with van der Waals surface area (Å²) in [5, 5.41) is 3.69. The summed E-state index contributed by atoms with van der Waals surface area (Å²) >= 11 is 2.05. The van der Waals surface area contributed by atoms with Gasteiger partial charge in [0.1, 0.15) is 0 Å². The van der Waals surface area contributed by atoms with Gasteiger partial charge in [-0.25, -0.2) is 0 Å². The first-order valence-electron chi connectivity index (χ1n) is 6.40. The van der Waals surface area contributed by atoms with Gasteiger partial charge >= 0.3 is 0 Å². The first kappa shape index (κ1) is 13.3. The quantitative estimate of drug-likeness (QED) is 0.675. The van der Waals surface area contributed by atoms with Crippen molar-refractivity contribution in [1.29, 1.82) is 0 Å². The van der Waals surface area contributed by atoms with Crippen LogP contribution in [-0.2, 0) is 0 Å². The van der Waals surface area contributed by atoms with Gasteiger partial charge in [-0.2, -0.15) is 11.8 Å². The molecule has 3 heteroatoms. The van der Waals surface area contributed by atoms with Crippen LogP contribution in [0.15, 0.2) is 0 Å². The van der Waals surface area contributed by atoms with Gasteiger partial charge in [-0.3, -0.25) is 0 Å². The van der Waals surface area contributed by atoms with Crippen LogP contribution in [-0.4, -0.2) is 48.6 Å². The molecule has 0 aliphatic carbocycles. The van der Waals surface area contributed by atoms with Gasteiger partial charge in [0.05, 0.1) is 0 Å². The summed E-state index contributed by atoms with van der Waals surface area (Å²) in [7, 11) is 0. The Bertz CT molecular complexity index is 145. The maximum atomic E-state index is 3.69. The lowest BCUT2D eigenvalue weighted by atomic mass is 10.1. The van der Waals surface area contributed by atoms with Crippen molar-refractivity contribution in [2.24, 2.45) is 0 Å². The van der Waals surface area contributed by atoms with Crippen molar-refractivity contribution in [3.63, 3.8) is 0 Å². The molecule has 0 aromatic carbocycles. The van der Waals surface area contributed by atoms with E-state index >= 15 is 0 Å². The Balaban J connectivity index is 1.94. The van der Waals surface area contributed by atoms with Crippen molar-refractivity contribution < 1.29 is 0 Å². The number of piperidine rings is 1. The minimum Gasteiger partial charge on any atom is -0.314 e. The predicted octanol–water partition coefficient (Wildman–Crippen LogP) is 2.20. The molecule has 1 fully saturated rings. The van der Waals surface area contributed by atoms with E-state index in [-0.39, 0.29) is 0 Å². The lowest BCUT2D eigenvalue weighted by Gasteiger charge is -2.31. The van der Waals surface area contributed by atoms with Crippen LogP contribution in [0.1, 0.15) is 33.1 Å². The van der Waals surface area contributed by atoms with E-state index in [2.05, 4.69) is 35.8 Å². The zero-order valence-corrected chi connectivity index (χ0v) is 11.1. The van der Waals surface area contributed by atoms with Gasteiger partial charge in [0.25, 0.3) is 0 Å². The van der Waals surface area contributed by atoms with Crippen LogP contribution < -0.4 is 5.32 Å². The maximum Gasteiger partial charge on any atom is 0.00914 e. The number of nitrogens with zero attached hydrogens (tertiary/aromatic N) is 1. The Kier molecular flexibility index (Phi) is 7.49. The molecule has 0 unspecified atom stereocenters. The molecule has 1 aliphatic heterocycles. The topological polar surface area (TPSA) is 15.3 Å². The van der Waals surface area contributed by atoms with E-state index in [0.29, 0.717) is 0 Å². The molecule has 1 saturated heterocycles.